The van der Waals surface area contributed by atoms with E-state index in [0.29, 0.717) is 43.1 Å². The number of hydrogen-bond donors (Lipinski definition) is 1. The molecule has 3 saturated carbocycles. The van der Waals surface area contributed by atoms with Gasteiger partial charge in [-0.2, -0.15) is 0 Å². The lowest BCUT2D eigenvalue weighted by Crippen LogP contribution is -2.51. The van der Waals surface area contributed by atoms with Crippen molar-refractivity contribution in [3.8, 4) is 0 Å². The molecule has 0 unspecified atom stereocenters. The van der Waals surface area contributed by atoms with Crippen molar-refractivity contribution in [2.45, 2.75) is 128 Å². The number of amides is 1. The maximum atomic E-state index is 13.0. The molecule has 0 bridgehead atoms. The van der Waals surface area contributed by atoms with Crippen LogP contribution in [0.4, 0.5) is 0 Å². The molecule has 4 aliphatic carbocycles. The molecule has 1 aromatic rings. The van der Waals surface area contributed by atoms with E-state index < -0.39 is 0 Å². The van der Waals surface area contributed by atoms with Gasteiger partial charge in [0.2, 0.25) is 5.91 Å². The third-order valence-corrected chi connectivity index (χ3v) is 12.9. The van der Waals surface area contributed by atoms with Crippen LogP contribution in [0.15, 0.2) is 42.0 Å². The van der Waals surface area contributed by atoms with Crippen LogP contribution in [0.25, 0.3) is 0 Å². The van der Waals surface area contributed by atoms with Gasteiger partial charge in [0.1, 0.15) is 6.10 Å². The van der Waals surface area contributed by atoms with Crippen molar-refractivity contribution in [1.82, 2.24) is 5.32 Å². The Bertz CT molecular complexity index is 1290. The lowest BCUT2D eigenvalue weighted by Gasteiger charge is -2.57. The van der Waals surface area contributed by atoms with Gasteiger partial charge in [0, 0.05) is 36.8 Å². The monoisotopic (exact) mass is 603 g/mol. The van der Waals surface area contributed by atoms with E-state index in [9.17, 15) is 14.4 Å². The summed E-state index contributed by atoms with van der Waals surface area (Å²) in [6.07, 6.45) is 13.0. The smallest absolute Gasteiger partial charge is 0.306 e. The highest BCUT2D eigenvalue weighted by atomic mass is 16.5. The van der Waals surface area contributed by atoms with Gasteiger partial charge in [0.15, 0.2) is 5.78 Å². The zero-order valence-electron chi connectivity index (χ0n) is 27.4. The Morgan fingerprint density at radius 2 is 1.73 bits per heavy atom. The fourth-order valence-electron chi connectivity index (χ4n) is 10.5. The molecule has 44 heavy (non-hydrogen) atoms. The molecule has 0 aromatic heterocycles. The SMILES string of the molecule is CC1(C)C[C@@](CCNC(=O)CCC(=O)O[C@H]2CC[C@H]3[C@@H]4CCC5=CC(=O)CC[C@]5(C)[C@H]4CC[C@]23C)(c2ccccc2)CCO1. The second-order valence-electron chi connectivity index (χ2n) is 15.9. The molecule has 1 aliphatic heterocycles. The number of allylic oxidation sites excluding steroid dienone is 1. The van der Waals surface area contributed by atoms with Crippen LogP contribution < -0.4 is 5.32 Å². The molecule has 240 valence electrons. The van der Waals surface area contributed by atoms with E-state index in [1.54, 1.807) is 0 Å². The molecule has 1 amide bonds. The van der Waals surface area contributed by atoms with Crippen molar-refractivity contribution in [3.05, 3.63) is 47.5 Å². The van der Waals surface area contributed by atoms with Gasteiger partial charge in [-0.15, -0.1) is 0 Å². The number of esters is 1. The quantitative estimate of drug-likeness (QED) is 0.317. The Morgan fingerprint density at radius 1 is 0.932 bits per heavy atom. The Balaban J connectivity index is 0.996. The van der Waals surface area contributed by atoms with E-state index >= 15 is 0 Å². The van der Waals surface area contributed by atoms with Crippen molar-refractivity contribution in [1.29, 1.82) is 0 Å². The number of ketones is 1. The van der Waals surface area contributed by atoms with Crippen molar-refractivity contribution < 1.29 is 23.9 Å². The zero-order valence-corrected chi connectivity index (χ0v) is 27.4. The minimum atomic E-state index is -0.243. The van der Waals surface area contributed by atoms with Gasteiger partial charge in [-0.1, -0.05) is 49.8 Å². The van der Waals surface area contributed by atoms with Gasteiger partial charge < -0.3 is 14.8 Å². The van der Waals surface area contributed by atoms with Crippen LogP contribution in [0.3, 0.4) is 0 Å². The van der Waals surface area contributed by atoms with Crippen LogP contribution in [0, 0.1) is 28.6 Å². The predicted molar refractivity (Wildman–Crippen MR) is 171 cm³/mol. The first-order valence-electron chi connectivity index (χ1n) is 17.3. The van der Waals surface area contributed by atoms with E-state index in [2.05, 4.69) is 57.3 Å². The Morgan fingerprint density at radius 3 is 2.50 bits per heavy atom. The van der Waals surface area contributed by atoms with E-state index in [1.807, 2.05) is 12.1 Å². The fraction of sp³-hybridized carbons (Fsp3) is 0.711. The maximum Gasteiger partial charge on any atom is 0.306 e. The molecule has 5 aliphatic rings. The number of carbonyl (C=O) groups excluding carboxylic acids is 3. The van der Waals surface area contributed by atoms with Gasteiger partial charge in [-0.3, -0.25) is 14.4 Å². The molecular formula is C38H53NO5. The third-order valence-electron chi connectivity index (χ3n) is 12.9. The van der Waals surface area contributed by atoms with Crippen LogP contribution in [-0.2, 0) is 29.3 Å². The lowest BCUT2D eigenvalue weighted by atomic mass is 9.47. The molecule has 1 heterocycles. The summed E-state index contributed by atoms with van der Waals surface area (Å²) in [5.41, 5.74) is 2.61. The van der Waals surface area contributed by atoms with E-state index in [1.165, 1.54) is 11.1 Å². The summed E-state index contributed by atoms with van der Waals surface area (Å²) in [7, 11) is 0. The van der Waals surface area contributed by atoms with Crippen molar-refractivity contribution in [2.24, 2.45) is 28.6 Å². The molecule has 0 radical (unpaired) electrons. The van der Waals surface area contributed by atoms with Crippen LogP contribution in [0.1, 0.15) is 117 Å². The van der Waals surface area contributed by atoms with Crippen LogP contribution in [0.5, 0.6) is 0 Å². The number of nitrogens with one attached hydrogen (secondary N) is 1. The summed E-state index contributed by atoms with van der Waals surface area (Å²) in [5, 5.41) is 3.10. The average molecular weight is 604 g/mol. The minimum absolute atomic E-state index is 0.00436. The minimum Gasteiger partial charge on any atom is -0.462 e. The molecule has 1 saturated heterocycles. The molecule has 7 atom stereocenters. The third kappa shape index (κ3) is 5.92. The number of ether oxygens (including phenoxy) is 2. The Labute approximate surface area is 264 Å². The van der Waals surface area contributed by atoms with E-state index in [-0.39, 0.29) is 52.7 Å². The number of hydrogen-bond acceptors (Lipinski definition) is 5. The first kappa shape index (κ1) is 31.5. The number of carbonyl (C=O) groups is 3. The lowest BCUT2D eigenvalue weighted by molar-refractivity contribution is -0.160. The average Bonchev–Trinajstić information content (AvgIpc) is 3.32. The van der Waals surface area contributed by atoms with Gasteiger partial charge in [-0.05, 0) is 113 Å². The summed E-state index contributed by atoms with van der Waals surface area (Å²) in [6.45, 7) is 10.3. The topological polar surface area (TPSA) is 81.7 Å². The molecule has 4 fully saturated rings. The maximum absolute atomic E-state index is 13.0. The van der Waals surface area contributed by atoms with Gasteiger partial charge in [-0.25, -0.2) is 0 Å². The molecule has 6 rings (SSSR count). The first-order chi connectivity index (χ1) is 20.9. The second kappa shape index (κ2) is 12.0. The highest BCUT2D eigenvalue weighted by Crippen LogP contribution is 2.65. The Hall–Kier alpha value is -2.47. The largest absolute Gasteiger partial charge is 0.462 e. The molecule has 6 nitrogen and oxygen atoms in total. The standard InChI is InChI=1S/C38H53NO5/c1-35(2)25-38(21-23-43-35,26-8-6-5-7-9-26)20-22-39-33(41)14-15-34(42)44-32-13-12-30-29-11-10-27-24-28(40)16-18-36(27,3)31(29)17-19-37(30,32)4/h5-9,24,29-32H,10-23,25H2,1-4H3,(H,39,41)/t29-,30-,31-,32-,36-,37-,38-/m0/s1. The van der Waals surface area contributed by atoms with Gasteiger partial charge >= 0.3 is 5.97 Å². The van der Waals surface area contributed by atoms with Gasteiger partial charge in [0.25, 0.3) is 0 Å². The van der Waals surface area contributed by atoms with Crippen molar-refractivity contribution in [3.63, 3.8) is 0 Å². The van der Waals surface area contributed by atoms with Gasteiger partial charge in [0.05, 0.1) is 12.0 Å². The molecule has 6 heteroatoms. The van der Waals surface area contributed by atoms with Crippen LogP contribution in [0.2, 0.25) is 0 Å². The first-order valence-corrected chi connectivity index (χ1v) is 17.3. The van der Waals surface area contributed by atoms with E-state index in [4.69, 9.17) is 9.47 Å². The summed E-state index contributed by atoms with van der Waals surface area (Å²) < 4.78 is 12.2. The number of fused-ring (bicyclic) bond motifs is 5. The highest BCUT2D eigenvalue weighted by Gasteiger charge is 2.60. The van der Waals surface area contributed by atoms with Crippen molar-refractivity contribution in [2.75, 3.05) is 13.2 Å². The molecular weight excluding hydrogens is 550 g/mol. The summed E-state index contributed by atoms with van der Waals surface area (Å²) in [4.78, 5) is 38.0. The summed E-state index contributed by atoms with van der Waals surface area (Å²) in [5.74, 6) is 1.80. The predicted octanol–water partition coefficient (Wildman–Crippen LogP) is 7.24. The van der Waals surface area contributed by atoms with Crippen LogP contribution >= 0.6 is 0 Å². The number of benzene rings is 1. The second-order valence-corrected chi connectivity index (χ2v) is 15.9. The van der Waals surface area contributed by atoms with Crippen molar-refractivity contribution >= 4 is 17.7 Å². The zero-order chi connectivity index (χ0) is 31.2. The van der Waals surface area contributed by atoms with Crippen LogP contribution in [-0.4, -0.2) is 42.5 Å². The number of rotatable bonds is 8. The Kier molecular flexibility index (Phi) is 8.62. The normalized spacial score (nSPS) is 37.6. The van der Waals surface area contributed by atoms with E-state index in [0.717, 1.165) is 64.2 Å². The molecule has 1 N–H and O–H groups in total. The fourth-order valence-corrected chi connectivity index (χ4v) is 10.5. The summed E-state index contributed by atoms with van der Waals surface area (Å²) in [6, 6.07) is 10.6. The molecule has 1 aromatic carbocycles. The highest BCUT2D eigenvalue weighted by molar-refractivity contribution is 5.91. The molecule has 0 spiro atoms. The summed E-state index contributed by atoms with van der Waals surface area (Å²) >= 11 is 0.